The van der Waals surface area contributed by atoms with Crippen LogP contribution in [0.5, 0.6) is 11.5 Å². The summed E-state index contributed by atoms with van der Waals surface area (Å²) >= 11 is 0. The van der Waals surface area contributed by atoms with Gasteiger partial charge in [-0.2, -0.15) is 0 Å². The first-order valence-electron chi connectivity index (χ1n) is 13.3. The van der Waals surface area contributed by atoms with Gasteiger partial charge >= 0.3 is 0 Å². The molecule has 0 aliphatic carbocycles. The zero-order valence-electron chi connectivity index (χ0n) is 24.4. The molecule has 1 aliphatic heterocycles. The van der Waals surface area contributed by atoms with Gasteiger partial charge in [0.05, 0.1) is 37.8 Å². The molecule has 0 N–H and O–H groups in total. The number of rotatable bonds is 11. The fraction of sp³-hybridized carbons (Fsp3) is 0.571. The van der Waals surface area contributed by atoms with E-state index in [0.29, 0.717) is 41.9 Å². The summed E-state index contributed by atoms with van der Waals surface area (Å²) in [6.07, 6.45) is 2.89. The topological polar surface area (TPSA) is 128 Å². The molecular formula is C28H39N5O6S. The minimum atomic E-state index is -3.86. The number of sulfone groups is 1. The Kier molecular flexibility index (Phi) is 8.81. The van der Waals surface area contributed by atoms with E-state index in [2.05, 4.69) is 20.2 Å². The van der Waals surface area contributed by atoms with Gasteiger partial charge in [-0.25, -0.2) is 18.4 Å². The highest BCUT2D eigenvalue weighted by Gasteiger charge is 2.39. The van der Waals surface area contributed by atoms with Gasteiger partial charge in [0.2, 0.25) is 0 Å². The molecule has 218 valence electrons. The Labute approximate surface area is 236 Å². The molecule has 1 fully saturated rings. The van der Waals surface area contributed by atoms with Gasteiger partial charge in [0.15, 0.2) is 21.5 Å². The third-order valence-electron chi connectivity index (χ3n) is 6.96. The van der Waals surface area contributed by atoms with E-state index < -0.39 is 26.9 Å². The predicted octanol–water partition coefficient (Wildman–Crippen LogP) is 4.14. The summed E-state index contributed by atoms with van der Waals surface area (Å²) in [5, 5.41) is 7.93. The standard InChI is InChI=1S/C28H39N5O6S/c1-17(2)39-25(26-29-13-18(3)14-30-26)19(4)40(34,35)16-23-31-32-27(20-12-28(5,6)38-15-20)33(23)24-21(36-7)10-9-11-22(24)37-8/h9-11,13-14,17,19-20,25H,12,15-16H2,1-8H3/t19-,20+,25+/m0/s1. The van der Waals surface area contributed by atoms with Gasteiger partial charge in [-0.05, 0) is 65.7 Å². The highest BCUT2D eigenvalue weighted by molar-refractivity contribution is 7.91. The maximum atomic E-state index is 14.0. The van der Waals surface area contributed by atoms with Crippen molar-refractivity contribution in [1.82, 2.24) is 24.7 Å². The average Bonchev–Trinajstić information content (AvgIpc) is 3.48. The van der Waals surface area contributed by atoms with Gasteiger partial charge in [-0.15, -0.1) is 10.2 Å². The Balaban J connectivity index is 1.80. The number of ether oxygens (including phenoxy) is 4. The van der Waals surface area contributed by atoms with Crippen molar-refractivity contribution in [3.8, 4) is 17.2 Å². The molecule has 2 aromatic heterocycles. The first kappa shape index (κ1) is 29.9. The zero-order valence-corrected chi connectivity index (χ0v) is 25.2. The molecule has 3 heterocycles. The van der Waals surface area contributed by atoms with E-state index in [1.54, 1.807) is 56.3 Å². The first-order chi connectivity index (χ1) is 18.9. The van der Waals surface area contributed by atoms with Crippen LogP contribution in [0.2, 0.25) is 0 Å². The van der Waals surface area contributed by atoms with E-state index in [-0.39, 0.29) is 23.4 Å². The van der Waals surface area contributed by atoms with Crippen LogP contribution in [-0.2, 0) is 25.1 Å². The molecule has 40 heavy (non-hydrogen) atoms. The summed E-state index contributed by atoms with van der Waals surface area (Å²) < 4.78 is 53.1. The maximum absolute atomic E-state index is 14.0. The van der Waals surface area contributed by atoms with Crippen LogP contribution in [0, 0.1) is 6.92 Å². The Hall–Kier alpha value is -3.09. The van der Waals surface area contributed by atoms with E-state index in [9.17, 15) is 8.42 Å². The smallest absolute Gasteiger partial charge is 0.163 e. The van der Waals surface area contributed by atoms with E-state index in [4.69, 9.17) is 18.9 Å². The highest BCUT2D eigenvalue weighted by Crippen LogP contribution is 2.40. The van der Waals surface area contributed by atoms with Gasteiger partial charge in [0, 0.05) is 18.3 Å². The van der Waals surface area contributed by atoms with Crippen molar-refractivity contribution >= 4 is 9.84 Å². The van der Waals surface area contributed by atoms with Crippen LogP contribution < -0.4 is 9.47 Å². The van der Waals surface area contributed by atoms with Gasteiger partial charge < -0.3 is 18.9 Å². The summed E-state index contributed by atoms with van der Waals surface area (Å²) in [4.78, 5) is 8.75. The molecule has 0 unspecified atom stereocenters. The van der Waals surface area contributed by atoms with Crippen LogP contribution in [0.1, 0.15) is 76.1 Å². The number of hydrogen-bond acceptors (Lipinski definition) is 10. The van der Waals surface area contributed by atoms with E-state index >= 15 is 0 Å². The normalized spacial score (nSPS) is 18.6. The Morgan fingerprint density at radius 3 is 2.23 bits per heavy atom. The highest BCUT2D eigenvalue weighted by atomic mass is 32.2. The van der Waals surface area contributed by atoms with Crippen LogP contribution in [0.3, 0.4) is 0 Å². The number of aromatic nitrogens is 5. The van der Waals surface area contributed by atoms with E-state index in [1.165, 1.54) is 0 Å². The molecule has 0 spiro atoms. The summed E-state index contributed by atoms with van der Waals surface area (Å²) in [7, 11) is -0.753. The van der Waals surface area contributed by atoms with Crippen LogP contribution in [-0.4, -0.2) is 70.9 Å². The largest absolute Gasteiger partial charge is 0.494 e. The number of hydrogen-bond donors (Lipinski definition) is 0. The Morgan fingerprint density at radius 1 is 1.07 bits per heavy atom. The second-order valence-electron chi connectivity index (χ2n) is 11.0. The number of methoxy groups -OCH3 is 2. The molecule has 0 saturated carbocycles. The molecular weight excluding hydrogens is 534 g/mol. The van der Waals surface area contributed by atoms with Crippen molar-refractivity contribution < 1.29 is 27.4 Å². The summed E-state index contributed by atoms with van der Waals surface area (Å²) in [5.41, 5.74) is 1.06. The number of para-hydroxylation sites is 1. The molecule has 0 radical (unpaired) electrons. The molecule has 4 rings (SSSR count). The molecule has 0 amide bonds. The summed E-state index contributed by atoms with van der Waals surface area (Å²) in [5.74, 6) is 1.63. The fourth-order valence-corrected chi connectivity index (χ4v) is 6.28. The van der Waals surface area contributed by atoms with Crippen molar-refractivity contribution in [1.29, 1.82) is 0 Å². The number of benzene rings is 1. The van der Waals surface area contributed by atoms with Crippen molar-refractivity contribution in [2.45, 2.75) is 82.7 Å². The maximum Gasteiger partial charge on any atom is 0.163 e. The van der Waals surface area contributed by atoms with E-state index in [1.807, 2.05) is 34.6 Å². The van der Waals surface area contributed by atoms with Crippen molar-refractivity contribution in [2.75, 3.05) is 20.8 Å². The Morgan fingerprint density at radius 2 is 1.70 bits per heavy atom. The second-order valence-corrected chi connectivity index (χ2v) is 13.4. The molecule has 3 aromatic rings. The van der Waals surface area contributed by atoms with Crippen molar-refractivity contribution in [2.24, 2.45) is 0 Å². The van der Waals surface area contributed by atoms with Crippen LogP contribution in [0.15, 0.2) is 30.6 Å². The summed E-state index contributed by atoms with van der Waals surface area (Å²) in [6.45, 7) is 11.7. The predicted molar refractivity (Wildman–Crippen MR) is 150 cm³/mol. The number of nitrogens with zero attached hydrogens (tertiary/aromatic N) is 5. The molecule has 0 bridgehead atoms. The van der Waals surface area contributed by atoms with Crippen molar-refractivity contribution in [3.05, 3.63) is 53.6 Å². The molecule has 11 nitrogen and oxygen atoms in total. The summed E-state index contributed by atoms with van der Waals surface area (Å²) in [6, 6.07) is 5.39. The van der Waals surface area contributed by atoms with Gasteiger partial charge in [0.25, 0.3) is 0 Å². The minimum absolute atomic E-state index is 0.107. The van der Waals surface area contributed by atoms with Gasteiger partial charge in [-0.3, -0.25) is 4.57 Å². The lowest BCUT2D eigenvalue weighted by molar-refractivity contribution is 0.00140. The monoisotopic (exact) mass is 573 g/mol. The molecule has 3 atom stereocenters. The zero-order chi connectivity index (χ0) is 29.2. The SMILES string of the molecule is COc1cccc(OC)c1-n1c(CS(=O)(=O)[C@@H](C)[C@@H](OC(C)C)c2ncc(C)cn2)nnc1[C@H]1COC(C)(C)C1. The van der Waals surface area contributed by atoms with Gasteiger partial charge in [-0.1, -0.05) is 6.07 Å². The number of aryl methyl sites for hydroxylation is 1. The fourth-order valence-electron chi connectivity index (χ4n) is 4.91. The van der Waals surface area contributed by atoms with Crippen molar-refractivity contribution in [3.63, 3.8) is 0 Å². The lowest BCUT2D eigenvalue weighted by atomic mass is 9.97. The van der Waals surface area contributed by atoms with Gasteiger partial charge in [0.1, 0.15) is 34.9 Å². The van der Waals surface area contributed by atoms with Crippen LogP contribution in [0.25, 0.3) is 5.69 Å². The molecule has 1 saturated heterocycles. The lowest BCUT2D eigenvalue weighted by Gasteiger charge is -2.25. The molecule has 1 aliphatic rings. The lowest BCUT2D eigenvalue weighted by Crippen LogP contribution is -2.32. The van der Waals surface area contributed by atoms with Crippen LogP contribution >= 0.6 is 0 Å². The third-order valence-corrected chi connectivity index (χ3v) is 9.00. The first-order valence-corrected chi connectivity index (χ1v) is 15.0. The average molecular weight is 574 g/mol. The van der Waals surface area contributed by atoms with Crippen LogP contribution in [0.4, 0.5) is 0 Å². The molecule has 12 heteroatoms. The second kappa shape index (κ2) is 11.8. The van der Waals surface area contributed by atoms with E-state index in [0.717, 1.165) is 5.56 Å². The minimum Gasteiger partial charge on any atom is -0.494 e. The molecule has 1 aromatic carbocycles. The quantitative estimate of drug-likeness (QED) is 0.330. The third kappa shape index (κ3) is 6.29. The Bertz CT molecular complexity index is 1400.